The number of carbonyl (C=O) groups excluding carboxylic acids is 8. The van der Waals surface area contributed by atoms with Gasteiger partial charge in [0.15, 0.2) is 0 Å². The largest absolute Gasteiger partial charge is 4.00 e. The summed E-state index contributed by atoms with van der Waals surface area (Å²) in [5.41, 5.74) is 0. The molecular weight excluding hydrogens is 1200 g/mol. The predicted octanol–water partition coefficient (Wildman–Crippen LogP) is 5.80. The number of ketones is 4. The Morgan fingerprint density at radius 2 is 0.337 bits per heavy atom. The van der Waals surface area contributed by atoms with Crippen LogP contribution < -0.4 is 20.4 Å². The number of rotatable bonds is 60. The molecule has 0 N–H and O–H groups in total. The van der Waals surface area contributed by atoms with E-state index in [0.717, 1.165) is 103 Å². The molecule has 0 unspecified atom stereocenters. The molecule has 0 rings (SSSR count). The minimum atomic E-state index is -2.35. The van der Waals surface area contributed by atoms with E-state index in [1.165, 1.54) is 0 Å². The van der Waals surface area contributed by atoms with Crippen LogP contribution in [0.15, 0.2) is 0 Å². The first-order valence-electron chi connectivity index (χ1n) is 32.6. The Morgan fingerprint density at radius 3 is 0.438 bits per heavy atom. The number of carboxylic acids is 4. The molecule has 0 saturated heterocycles. The SMILES string of the molecule is CCCCOCC(=O)C(OCCCC)(OCCCC)C(=O)[O-].CCCCOCC(=O)C(OCCCC)(OCCCC)C(=O)[O-].CCCCOCC(=O)C(OCCCC)(OCCCC)C(=O)[O-].CCCCOCC(=O)C(OCCCC)(OCCCC)C(=O)[O-].[Ti+4]. The summed E-state index contributed by atoms with van der Waals surface area (Å²) in [6.07, 6.45) is 18.6. The molecule has 0 aliphatic heterocycles. The van der Waals surface area contributed by atoms with Gasteiger partial charge in [-0.05, 0) is 77.0 Å². The van der Waals surface area contributed by atoms with Crippen molar-refractivity contribution >= 4 is 47.0 Å². The molecular formula is C64H116O24Ti. The Morgan fingerprint density at radius 1 is 0.225 bits per heavy atom. The van der Waals surface area contributed by atoms with Crippen LogP contribution >= 0.6 is 0 Å². The number of carbonyl (C=O) groups is 8. The molecule has 0 heterocycles. The first-order valence-corrected chi connectivity index (χ1v) is 32.6. The summed E-state index contributed by atoms with van der Waals surface area (Å²) in [5.74, 6) is -19.1. The Bertz CT molecular complexity index is 1480. The van der Waals surface area contributed by atoms with Crippen LogP contribution in [0.3, 0.4) is 0 Å². The zero-order valence-electron chi connectivity index (χ0n) is 56.6. The number of ether oxygens (including phenoxy) is 12. The standard InChI is InChI=1S/4C16H30O6.Ti/c4*1-4-7-10-20-13-14(17)16(15(18)19,21-11-8-5-2)22-12-9-6-3;/h4*4-13H2,1-3H3,(H,18,19);/q;;;;+4/p-4. The quantitative estimate of drug-likeness (QED) is 0.0300. The molecule has 0 spiro atoms. The molecule has 25 heteroatoms. The molecule has 0 bridgehead atoms. The third-order valence-electron chi connectivity index (χ3n) is 12.5. The number of hydrogen-bond acceptors (Lipinski definition) is 24. The van der Waals surface area contributed by atoms with E-state index in [2.05, 4.69) is 0 Å². The van der Waals surface area contributed by atoms with E-state index in [4.69, 9.17) is 56.8 Å². The van der Waals surface area contributed by atoms with E-state index in [1.807, 2.05) is 83.1 Å². The summed E-state index contributed by atoms with van der Waals surface area (Å²) in [5, 5.41) is 46.0. The molecule has 0 aliphatic rings. The van der Waals surface area contributed by atoms with Crippen molar-refractivity contribution in [1.29, 1.82) is 0 Å². The molecule has 89 heavy (non-hydrogen) atoms. The van der Waals surface area contributed by atoms with Crippen molar-refractivity contribution in [3.05, 3.63) is 0 Å². The summed E-state index contributed by atoms with van der Waals surface area (Å²) in [6, 6.07) is 0. The molecule has 0 aliphatic carbocycles. The second-order valence-electron chi connectivity index (χ2n) is 20.5. The van der Waals surface area contributed by atoms with Crippen molar-refractivity contribution in [3.63, 3.8) is 0 Å². The first kappa shape index (κ1) is 94.5. The maximum atomic E-state index is 12.3. The number of unbranched alkanes of at least 4 members (excludes halogenated alkanes) is 12. The van der Waals surface area contributed by atoms with Crippen LogP contribution in [0.25, 0.3) is 0 Å². The molecule has 0 amide bonds. The van der Waals surface area contributed by atoms with Crippen molar-refractivity contribution in [1.82, 2.24) is 0 Å². The van der Waals surface area contributed by atoms with Crippen molar-refractivity contribution in [2.24, 2.45) is 0 Å². The van der Waals surface area contributed by atoms with Crippen LogP contribution in [0.4, 0.5) is 0 Å². The van der Waals surface area contributed by atoms with Gasteiger partial charge in [-0.2, -0.15) is 0 Å². The summed E-state index contributed by atoms with van der Waals surface area (Å²) in [4.78, 5) is 95.1. The van der Waals surface area contributed by atoms with Gasteiger partial charge in [0.1, 0.15) is 50.3 Å². The van der Waals surface area contributed by atoms with Gasteiger partial charge in [0.25, 0.3) is 23.1 Å². The van der Waals surface area contributed by atoms with Gasteiger partial charge < -0.3 is 96.4 Å². The predicted molar refractivity (Wildman–Crippen MR) is 321 cm³/mol. The summed E-state index contributed by atoms with van der Waals surface area (Å²) in [7, 11) is 0. The Labute approximate surface area is 548 Å². The number of Topliss-reactive ketones (excluding diaryl/α,β-unsaturated/α-hetero) is 4. The normalized spacial score (nSPS) is 11.5. The Kier molecular flexibility index (Phi) is 67.5. The second-order valence-corrected chi connectivity index (χ2v) is 20.5. The smallest absolute Gasteiger partial charge is 0.544 e. The molecule has 0 aromatic rings. The number of carboxylic acid groups (broad SMARTS) is 4. The molecule has 24 nitrogen and oxygen atoms in total. The fourth-order valence-electron chi connectivity index (χ4n) is 6.64. The van der Waals surface area contributed by atoms with E-state index in [0.29, 0.717) is 77.8 Å². The third-order valence-corrected chi connectivity index (χ3v) is 12.5. The van der Waals surface area contributed by atoms with Crippen molar-refractivity contribution < 1.29 is 137 Å². The second kappa shape index (κ2) is 63.5. The van der Waals surface area contributed by atoms with Crippen LogP contribution in [0.5, 0.6) is 0 Å². The summed E-state index contributed by atoms with van der Waals surface area (Å²) < 4.78 is 63.1. The average Bonchev–Trinajstić information content (AvgIpc) is 2.10. The van der Waals surface area contributed by atoms with Crippen LogP contribution in [-0.2, 0) is 117 Å². The molecule has 0 radical (unpaired) electrons. The van der Waals surface area contributed by atoms with E-state index in [-0.39, 0.29) is 101 Å². The van der Waals surface area contributed by atoms with Crippen molar-refractivity contribution in [2.75, 3.05) is 106 Å². The van der Waals surface area contributed by atoms with Gasteiger partial charge in [0.05, 0.1) is 52.9 Å². The van der Waals surface area contributed by atoms with Gasteiger partial charge in [-0.3, -0.25) is 19.2 Å². The number of hydrogen-bond donors (Lipinski definition) is 0. The Hall–Kier alpha value is -3.21. The maximum Gasteiger partial charge on any atom is 4.00 e. The van der Waals surface area contributed by atoms with E-state index in [1.54, 1.807) is 0 Å². The van der Waals surface area contributed by atoms with Crippen LogP contribution in [0.2, 0.25) is 0 Å². The van der Waals surface area contributed by atoms with Gasteiger partial charge in [0, 0.05) is 26.4 Å². The van der Waals surface area contributed by atoms with Gasteiger partial charge in [0.2, 0.25) is 23.1 Å². The van der Waals surface area contributed by atoms with Crippen molar-refractivity contribution in [3.8, 4) is 0 Å². The monoisotopic (exact) mass is 1320 g/mol. The molecule has 0 atom stereocenters. The van der Waals surface area contributed by atoms with Crippen LogP contribution in [0.1, 0.15) is 237 Å². The molecule has 0 fully saturated rings. The topological polar surface area (TPSA) is 340 Å². The van der Waals surface area contributed by atoms with Gasteiger partial charge in [-0.15, -0.1) is 0 Å². The molecule has 0 saturated carbocycles. The summed E-state index contributed by atoms with van der Waals surface area (Å²) >= 11 is 0. The van der Waals surface area contributed by atoms with Crippen LogP contribution in [-0.4, -0.2) is 176 Å². The van der Waals surface area contributed by atoms with Crippen LogP contribution in [0, 0.1) is 0 Å². The average molecular weight is 1320 g/mol. The van der Waals surface area contributed by atoms with Gasteiger partial charge in [-0.25, -0.2) is 0 Å². The maximum absolute atomic E-state index is 12.3. The number of aliphatic carboxylic acids is 4. The van der Waals surface area contributed by atoms with Gasteiger partial charge >= 0.3 is 21.7 Å². The first-order chi connectivity index (χ1) is 42.2. The minimum absolute atomic E-state index is 0. The third kappa shape index (κ3) is 42.6. The van der Waals surface area contributed by atoms with Gasteiger partial charge in [-0.1, -0.05) is 160 Å². The zero-order chi connectivity index (χ0) is 67.4. The molecule has 0 aromatic heterocycles. The minimum Gasteiger partial charge on any atom is -0.544 e. The summed E-state index contributed by atoms with van der Waals surface area (Å²) in [6.45, 7) is 24.7. The fourth-order valence-corrected chi connectivity index (χ4v) is 6.64. The molecule has 520 valence electrons. The van der Waals surface area contributed by atoms with E-state index < -0.39 is 70.2 Å². The fraction of sp³-hybridized carbons (Fsp3) is 0.875. The van der Waals surface area contributed by atoms with E-state index in [9.17, 15) is 58.8 Å². The van der Waals surface area contributed by atoms with Crippen molar-refractivity contribution in [2.45, 2.75) is 260 Å². The Balaban J connectivity index is -0.000000351. The van der Waals surface area contributed by atoms with E-state index >= 15 is 0 Å². The zero-order valence-corrected chi connectivity index (χ0v) is 58.1. The molecule has 0 aromatic carbocycles.